The van der Waals surface area contributed by atoms with Gasteiger partial charge in [0.25, 0.3) is 5.69 Å². The molecule has 0 bridgehead atoms. The van der Waals surface area contributed by atoms with Gasteiger partial charge < -0.3 is 20.7 Å². The summed E-state index contributed by atoms with van der Waals surface area (Å²) in [5, 5.41) is 30.5. The van der Waals surface area contributed by atoms with Gasteiger partial charge in [0.05, 0.1) is 35.7 Å². The van der Waals surface area contributed by atoms with E-state index in [0.717, 1.165) is 19.2 Å². The van der Waals surface area contributed by atoms with Crippen molar-refractivity contribution in [3.8, 4) is 0 Å². The van der Waals surface area contributed by atoms with Gasteiger partial charge in [0.2, 0.25) is 5.91 Å². The summed E-state index contributed by atoms with van der Waals surface area (Å²) in [6.45, 7) is 0. The number of primary amides is 1. The molecule has 0 radical (unpaired) electrons. The lowest BCUT2D eigenvalue weighted by Crippen LogP contribution is -2.26. The number of ether oxygens (including phenoxy) is 1. The van der Waals surface area contributed by atoms with Crippen molar-refractivity contribution >= 4 is 17.6 Å². The molecule has 0 saturated heterocycles. The Bertz CT molecular complexity index is 573. The van der Waals surface area contributed by atoms with Crippen molar-refractivity contribution in [1.82, 2.24) is 0 Å². The Balaban J connectivity index is 3.20. The van der Waals surface area contributed by atoms with Gasteiger partial charge in [0.15, 0.2) is 0 Å². The average molecular weight is 298 g/mol. The van der Waals surface area contributed by atoms with Crippen molar-refractivity contribution in [2.45, 2.75) is 18.6 Å². The van der Waals surface area contributed by atoms with Crippen LogP contribution in [0.5, 0.6) is 0 Å². The first-order chi connectivity index (χ1) is 9.77. The Morgan fingerprint density at radius 3 is 2.52 bits per heavy atom. The molecule has 9 heteroatoms. The lowest BCUT2D eigenvalue weighted by Gasteiger charge is -2.17. The molecule has 2 atom stereocenters. The molecule has 0 saturated carbocycles. The number of aliphatic hydroxyl groups is 2. The van der Waals surface area contributed by atoms with Crippen LogP contribution in [0.4, 0.5) is 5.69 Å². The zero-order valence-corrected chi connectivity index (χ0v) is 11.1. The minimum absolute atomic E-state index is 0.0791. The Hall–Kier alpha value is -2.52. The minimum Gasteiger partial charge on any atom is -0.465 e. The summed E-state index contributed by atoms with van der Waals surface area (Å²) in [6, 6.07) is 3.23. The maximum Gasteiger partial charge on any atom is 0.338 e. The SMILES string of the molecule is COC(=O)c1ccc(C(O)C(O)CC(N)=O)c([N+](=O)[O-])c1. The van der Waals surface area contributed by atoms with E-state index in [-0.39, 0.29) is 11.1 Å². The van der Waals surface area contributed by atoms with Gasteiger partial charge in [-0.1, -0.05) is 0 Å². The van der Waals surface area contributed by atoms with Gasteiger partial charge in [-0.15, -0.1) is 0 Å². The van der Waals surface area contributed by atoms with Crippen molar-refractivity contribution in [3.63, 3.8) is 0 Å². The molecule has 0 aliphatic rings. The van der Waals surface area contributed by atoms with E-state index in [9.17, 15) is 29.9 Å². The van der Waals surface area contributed by atoms with Gasteiger partial charge in [-0.2, -0.15) is 0 Å². The number of nitrogens with two attached hydrogens (primary N) is 1. The van der Waals surface area contributed by atoms with Gasteiger partial charge >= 0.3 is 5.97 Å². The predicted octanol–water partition coefficient (Wildman–Crippen LogP) is -0.349. The Labute approximate surface area is 119 Å². The monoisotopic (exact) mass is 298 g/mol. The number of carbonyl (C=O) groups excluding carboxylic acids is 2. The van der Waals surface area contributed by atoms with E-state index in [1.54, 1.807) is 0 Å². The molecule has 2 unspecified atom stereocenters. The zero-order chi connectivity index (χ0) is 16.2. The van der Waals surface area contributed by atoms with E-state index < -0.39 is 41.1 Å². The van der Waals surface area contributed by atoms with Gasteiger partial charge in [-0.25, -0.2) is 4.79 Å². The minimum atomic E-state index is -1.69. The second-order valence-electron chi connectivity index (χ2n) is 4.20. The highest BCUT2D eigenvalue weighted by Crippen LogP contribution is 2.29. The highest BCUT2D eigenvalue weighted by atomic mass is 16.6. The van der Waals surface area contributed by atoms with E-state index in [0.29, 0.717) is 0 Å². The molecule has 0 fully saturated rings. The van der Waals surface area contributed by atoms with Crippen LogP contribution < -0.4 is 5.73 Å². The molecule has 0 aromatic heterocycles. The Morgan fingerprint density at radius 2 is 2.05 bits per heavy atom. The molecule has 1 aromatic rings. The molecule has 0 heterocycles. The third-order valence-corrected chi connectivity index (χ3v) is 2.74. The van der Waals surface area contributed by atoms with E-state index in [2.05, 4.69) is 4.74 Å². The third-order valence-electron chi connectivity index (χ3n) is 2.74. The van der Waals surface area contributed by atoms with Crippen molar-refractivity contribution in [3.05, 3.63) is 39.4 Å². The molecule has 1 amide bonds. The summed E-state index contributed by atoms with van der Waals surface area (Å²) in [7, 11) is 1.12. The van der Waals surface area contributed by atoms with E-state index in [1.807, 2.05) is 0 Å². The summed E-state index contributed by atoms with van der Waals surface area (Å²) < 4.78 is 4.44. The second kappa shape index (κ2) is 6.77. The number of rotatable bonds is 6. The fourth-order valence-corrected chi connectivity index (χ4v) is 1.72. The first-order valence-corrected chi connectivity index (χ1v) is 5.79. The van der Waals surface area contributed by atoms with Crippen LogP contribution in [-0.4, -0.2) is 40.2 Å². The molecule has 21 heavy (non-hydrogen) atoms. The van der Waals surface area contributed by atoms with Gasteiger partial charge in [-0.3, -0.25) is 14.9 Å². The highest BCUT2D eigenvalue weighted by Gasteiger charge is 2.28. The van der Waals surface area contributed by atoms with Crippen molar-refractivity contribution in [2.75, 3.05) is 7.11 Å². The van der Waals surface area contributed by atoms with E-state index in [4.69, 9.17) is 5.73 Å². The number of nitro benzene ring substituents is 1. The molecular formula is C12H14N2O7. The highest BCUT2D eigenvalue weighted by molar-refractivity contribution is 5.90. The van der Waals surface area contributed by atoms with Crippen molar-refractivity contribution in [2.24, 2.45) is 5.73 Å². The molecule has 4 N–H and O–H groups in total. The normalized spacial score (nSPS) is 13.3. The molecule has 0 aliphatic heterocycles. The third kappa shape index (κ3) is 3.97. The number of nitro groups is 1. The number of esters is 1. The van der Waals surface area contributed by atoms with E-state index in [1.165, 1.54) is 6.07 Å². The van der Waals surface area contributed by atoms with E-state index >= 15 is 0 Å². The van der Waals surface area contributed by atoms with Crippen LogP contribution in [0.15, 0.2) is 18.2 Å². The van der Waals surface area contributed by atoms with Gasteiger partial charge in [0, 0.05) is 6.07 Å². The number of nitrogens with zero attached hydrogens (tertiary/aromatic N) is 1. The zero-order valence-electron chi connectivity index (χ0n) is 11.1. The summed E-state index contributed by atoms with van der Waals surface area (Å²) in [5.41, 5.74) is 3.99. The lowest BCUT2D eigenvalue weighted by atomic mass is 9.98. The van der Waals surface area contributed by atoms with Crippen LogP contribution in [0.2, 0.25) is 0 Å². The second-order valence-corrected chi connectivity index (χ2v) is 4.20. The predicted molar refractivity (Wildman–Crippen MR) is 69.2 cm³/mol. The first kappa shape index (κ1) is 16.5. The first-order valence-electron chi connectivity index (χ1n) is 5.79. The van der Waals surface area contributed by atoms with Crippen LogP contribution in [0, 0.1) is 10.1 Å². The molecule has 114 valence electrons. The number of benzene rings is 1. The summed E-state index contributed by atoms with van der Waals surface area (Å²) >= 11 is 0. The number of amides is 1. The summed E-state index contributed by atoms with van der Waals surface area (Å²) in [6.07, 6.45) is -3.84. The quantitative estimate of drug-likeness (QED) is 0.368. The molecule has 0 aliphatic carbocycles. The van der Waals surface area contributed by atoms with Crippen LogP contribution >= 0.6 is 0 Å². The maximum absolute atomic E-state index is 11.3. The number of methoxy groups -OCH3 is 1. The van der Waals surface area contributed by atoms with Crippen LogP contribution in [0.25, 0.3) is 0 Å². The average Bonchev–Trinajstić information content (AvgIpc) is 2.44. The molecule has 0 spiro atoms. The fraction of sp³-hybridized carbons (Fsp3) is 0.333. The van der Waals surface area contributed by atoms with Crippen molar-refractivity contribution < 1.29 is 29.5 Å². The fourth-order valence-electron chi connectivity index (χ4n) is 1.72. The number of carbonyl (C=O) groups is 2. The molecule has 1 aromatic carbocycles. The van der Waals surface area contributed by atoms with Crippen LogP contribution in [-0.2, 0) is 9.53 Å². The number of hydrogen-bond donors (Lipinski definition) is 3. The lowest BCUT2D eigenvalue weighted by molar-refractivity contribution is -0.386. The van der Waals surface area contributed by atoms with Gasteiger partial charge in [0.1, 0.15) is 6.10 Å². The largest absolute Gasteiger partial charge is 0.465 e. The summed E-state index contributed by atoms with van der Waals surface area (Å²) in [4.78, 5) is 32.2. The smallest absolute Gasteiger partial charge is 0.338 e. The topological polar surface area (TPSA) is 153 Å². The number of hydrogen-bond acceptors (Lipinski definition) is 7. The van der Waals surface area contributed by atoms with Crippen molar-refractivity contribution in [1.29, 1.82) is 0 Å². The molecular weight excluding hydrogens is 284 g/mol. The van der Waals surface area contributed by atoms with Crippen LogP contribution in [0.1, 0.15) is 28.4 Å². The number of aliphatic hydroxyl groups excluding tert-OH is 2. The van der Waals surface area contributed by atoms with Crippen LogP contribution in [0.3, 0.4) is 0 Å². The Kier molecular flexibility index (Phi) is 5.33. The summed E-state index contributed by atoms with van der Waals surface area (Å²) in [5.74, 6) is -1.65. The standard InChI is InChI=1S/C12H14N2O7/c1-21-12(18)6-2-3-7(8(4-6)14(19)20)11(17)9(15)5-10(13)16/h2-4,9,11,15,17H,5H2,1H3,(H2,13,16). The maximum atomic E-state index is 11.3. The van der Waals surface area contributed by atoms with Gasteiger partial charge in [-0.05, 0) is 12.1 Å². The molecule has 1 rings (SSSR count). The Morgan fingerprint density at radius 1 is 1.43 bits per heavy atom. The molecule has 9 nitrogen and oxygen atoms in total.